The smallest absolute Gasteiger partial charge is 0.253 e. The number of carbonyl (C=O) groups is 1. The first-order valence-electron chi connectivity index (χ1n) is 7.87. The van der Waals surface area contributed by atoms with Crippen LogP contribution in [0.2, 0.25) is 0 Å². The van der Waals surface area contributed by atoms with Crippen molar-refractivity contribution < 1.29 is 4.79 Å². The first-order valence-corrected chi connectivity index (χ1v) is 7.87. The van der Waals surface area contributed by atoms with Crippen LogP contribution in [0.3, 0.4) is 0 Å². The first-order chi connectivity index (χ1) is 11.1. The molecule has 1 saturated heterocycles. The molecular formula is C18H22N4O. The van der Waals surface area contributed by atoms with Gasteiger partial charge in [-0.25, -0.2) is 4.98 Å². The lowest BCUT2D eigenvalue weighted by atomic mass is 10.2. The van der Waals surface area contributed by atoms with Gasteiger partial charge in [-0.3, -0.25) is 4.79 Å². The average Bonchev–Trinajstić information content (AvgIpc) is 3.06. The molecule has 1 aliphatic heterocycles. The lowest BCUT2D eigenvalue weighted by Crippen LogP contribution is -2.34. The van der Waals surface area contributed by atoms with Crippen LogP contribution in [-0.2, 0) is 0 Å². The van der Waals surface area contributed by atoms with Gasteiger partial charge in [0.05, 0.1) is 0 Å². The zero-order valence-electron chi connectivity index (χ0n) is 13.6. The van der Waals surface area contributed by atoms with Gasteiger partial charge in [0.25, 0.3) is 5.91 Å². The van der Waals surface area contributed by atoms with Crippen LogP contribution in [0.5, 0.6) is 0 Å². The predicted molar refractivity (Wildman–Crippen MR) is 92.0 cm³/mol. The summed E-state index contributed by atoms with van der Waals surface area (Å²) in [5.74, 6) is 0.902. The van der Waals surface area contributed by atoms with E-state index in [2.05, 4.69) is 29.3 Å². The number of pyridine rings is 1. The van der Waals surface area contributed by atoms with Crippen LogP contribution in [-0.4, -0.2) is 53.9 Å². The van der Waals surface area contributed by atoms with Crippen molar-refractivity contribution in [3.63, 3.8) is 0 Å². The third-order valence-electron chi connectivity index (χ3n) is 4.25. The summed E-state index contributed by atoms with van der Waals surface area (Å²) in [6.45, 7) is 1.63. The van der Waals surface area contributed by atoms with Crippen molar-refractivity contribution in [1.82, 2.24) is 14.8 Å². The molecular weight excluding hydrogens is 288 g/mol. The zero-order valence-corrected chi connectivity index (χ0v) is 13.6. The van der Waals surface area contributed by atoms with E-state index in [0.717, 1.165) is 36.6 Å². The molecule has 5 nitrogen and oxygen atoms in total. The Bertz CT molecular complexity index is 654. The summed E-state index contributed by atoms with van der Waals surface area (Å²) >= 11 is 0. The predicted octanol–water partition coefficient (Wildman–Crippen LogP) is 2.60. The van der Waals surface area contributed by atoms with Crippen molar-refractivity contribution in [2.24, 2.45) is 0 Å². The summed E-state index contributed by atoms with van der Waals surface area (Å²) in [5, 5.41) is 3.22. The molecule has 0 bridgehead atoms. The molecule has 23 heavy (non-hydrogen) atoms. The molecule has 1 aromatic heterocycles. The van der Waals surface area contributed by atoms with Crippen LogP contribution in [0.1, 0.15) is 16.8 Å². The third-order valence-corrected chi connectivity index (χ3v) is 4.25. The SMILES string of the molecule is CN(C)C1CCN(C(=O)c2ccc(Nc3ccccn3)cc2)C1. The molecule has 1 atom stereocenters. The minimum Gasteiger partial charge on any atom is -0.340 e. The molecule has 1 N–H and O–H groups in total. The largest absolute Gasteiger partial charge is 0.340 e. The number of anilines is 2. The Kier molecular flexibility index (Phi) is 4.57. The van der Waals surface area contributed by atoms with Crippen LogP contribution >= 0.6 is 0 Å². The molecule has 1 unspecified atom stereocenters. The normalized spacial score (nSPS) is 17.5. The van der Waals surface area contributed by atoms with E-state index >= 15 is 0 Å². The number of carbonyl (C=O) groups excluding carboxylic acids is 1. The lowest BCUT2D eigenvalue weighted by molar-refractivity contribution is 0.0783. The number of hydrogen-bond acceptors (Lipinski definition) is 4. The first kappa shape index (κ1) is 15.5. The number of nitrogens with one attached hydrogen (secondary N) is 1. The number of hydrogen-bond donors (Lipinski definition) is 1. The molecule has 1 aromatic carbocycles. The Morgan fingerprint density at radius 2 is 2.00 bits per heavy atom. The Morgan fingerprint density at radius 1 is 1.22 bits per heavy atom. The summed E-state index contributed by atoms with van der Waals surface area (Å²) in [6, 6.07) is 13.8. The highest BCUT2D eigenvalue weighted by molar-refractivity contribution is 5.94. The van der Waals surface area contributed by atoms with Crippen molar-refractivity contribution in [1.29, 1.82) is 0 Å². The fourth-order valence-corrected chi connectivity index (χ4v) is 2.81. The number of nitrogens with zero attached hydrogens (tertiary/aromatic N) is 3. The van der Waals surface area contributed by atoms with Gasteiger partial charge in [0.15, 0.2) is 0 Å². The van der Waals surface area contributed by atoms with E-state index in [1.807, 2.05) is 47.4 Å². The number of benzene rings is 1. The van der Waals surface area contributed by atoms with Crippen LogP contribution < -0.4 is 5.32 Å². The van der Waals surface area contributed by atoms with Gasteiger partial charge in [0, 0.05) is 36.6 Å². The van der Waals surface area contributed by atoms with Gasteiger partial charge in [-0.2, -0.15) is 0 Å². The monoisotopic (exact) mass is 310 g/mol. The number of likely N-dealkylation sites (tertiary alicyclic amines) is 1. The van der Waals surface area contributed by atoms with Crippen molar-refractivity contribution in [3.8, 4) is 0 Å². The summed E-state index contributed by atoms with van der Waals surface area (Å²) in [7, 11) is 4.13. The van der Waals surface area contributed by atoms with E-state index in [0.29, 0.717) is 6.04 Å². The van der Waals surface area contributed by atoms with E-state index < -0.39 is 0 Å². The fourth-order valence-electron chi connectivity index (χ4n) is 2.81. The van der Waals surface area contributed by atoms with Gasteiger partial charge >= 0.3 is 0 Å². The Morgan fingerprint density at radius 3 is 2.61 bits per heavy atom. The number of aromatic nitrogens is 1. The highest BCUT2D eigenvalue weighted by Gasteiger charge is 2.27. The highest BCUT2D eigenvalue weighted by Crippen LogP contribution is 2.19. The van der Waals surface area contributed by atoms with Crippen molar-refractivity contribution in [2.45, 2.75) is 12.5 Å². The second kappa shape index (κ2) is 6.79. The number of likely N-dealkylation sites (N-methyl/N-ethyl adjacent to an activating group) is 1. The topological polar surface area (TPSA) is 48.5 Å². The molecule has 5 heteroatoms. The van der Waals surface area contributed by atoms with Gasteiger partial charge in [0.1, 0.15) is 5.82 Å². The van der Waals surface area contributed by atoms with E-state index in [1.54, 1.807) is 6.20 Å². The van der Waals surface area contributed by atoms with Gasteiger partial charge in [-0.05, 0) is 56.9 Å². The highest BCUT2D eigenvalue weighted by atomic mass is 16.2. The molecule has 1 fully saturated rings. The van der Waals surface area contributed by atoms with E-state index in [9.17, 15) is 4.79 Å². The van der Waals surface area contributed by atoms with E-state index in [-0.39, 0.29) is 5.91 Å². The molecule has 3 rings (SSSR count). The Labute approximate surface area is 136 Å². The van der Waals surface area contributed by atoms with Crippen LogP contribution in [0, 0.1) is 0 Å². The Hall–Kier alpha value is -2.40. The van der Waals surface area contributed by atoms with Gasteiger partial charge in [0.2, 0.25) is 0 Å². The molecule has 0 radical (unpaired) electrons. The van der Waals surface area contributed by atoms with E-state index in [4.69, 9.17) is 0 Å². The number of rotatable bonds is 4. The summed E-state index contributed by atoms with van der Waals surface area (Å²) in [5.41, 5.74) is 1.66. The quantitative estimate of drug-likeness (QED) is 0.943. The van der Waals surface area contributed by atoms with Crippen LogP contribution in [0.15, 0.2) is 48.7 Å². The summed E-state index contributed by atoms with van der Waals surface area (Å²) in [6.07, 6.45) is 2.78. The second-order valence-corrected chi connectivity index (χ2v) is 6.07. The molecule has 2 aromatic rings. The van der Waals surface area contributed by atoms with Crippen molar-refractivity contribution in [3.05, 3.63) is 54.2 Å². The maximum absolute atomic E-state index is 12.6. The maximum atomic E-state index is 12.6. The lowest BCUT2D eigenvalue weighted by Gasteiger charge is -2.20. The Balaban J connectivity index is 1.64. The fraction of sp³-hybridized carbons (Fsp3) is 0.333. The molecule has 1 aliphatic rings. The second-order valence-electron chi connectivity index (χ2n) is 6.07. The maximum Gasteiger partial charge on any atom is 0.253 e. The summed E-state index contributed by atoms with van der Waals surface area (Å²) in [4.78, 5) is 20.9. The number of amides is 1. The standard InChI is InChI=1S/C18H22N4O/c1-21(2)16-10-12-22(13-16)18(23)14-6-8-15(9-7-14)20-17-5-3-4-11-19-17/h3-9,11,16H,10,12-13H2,1-2H3,(H,19,20). The average molecular weight is 310 g/mol. The molecule has 2 heterocycles. The third kappa shape index (κ3) is 3.68. The zero-order chi connectivity index (χ0) is 16.2. The molecule has 0 aliphatic carbocycles. The van der Waals surface area contributed by atoms with Gasteiger partial charge in [-0.15, -0.1) is 0 Å². The molecule has 0 saturated carbocycles. The molecule has 0 spiro atoms. The van der Waals surface area contributed by atoms with Crippen molar-refractivity contribution >= 4 is 17.4 Å². The van der Waals surface area contributed by atoms with E-state index in [1.165, 1.54) is 0 Å². The summed E-state index contributed by atoms with van der Waals surface area (Å²) < 4.78 is 0. The minimum atomic E-state index is 0.110. The van der Waals surface area contributed by atoms with Gasteiger partial charge < -0.3 is 15.1 Å². The molecule has 1 amide bonds. The van der Waals surface area contributed by atoms with Crippen molar-refractivity contribution in [2.75, 3.05) is 32.5 Å². The van der Waals surface area contributed by atoms with Crippen LogP contribution in [0.4, 0.5) is 11.5 Å². The van der Waals surface area contributed by atoms with Crippen LogP contribution in [0.25, 0.3) is 0 Å². The van der Waals surface area contributed by atoms with Gasteiger partial charge in [-0.1, -0.05) is 6.07 Å². The molecule has 120 valence electrons. The minimum absolute atomic E-state index is 0.110.